The molecule has 3 heterocycles. The zero-order chi connectivity index (χ0) is 29.4. The minimum atomic E-state index is -4.99. The minimum absolute atomic E-state index is 0.0394. The van der Waals surface area contributed by atoms with Gasteiger partial charge in [0, 0.05) is 17.8 Å². The fraction of sp³-hybridized carbons (Fsp3) is 0.182. The topological polar surface area (TPSA) is 126 Å². The van der Waals surface area contributed by atoms with Crippen LogP contribution in [0.5, 0.6) is 0 Å². The highest BCUT2D eigenvalue weighted by molar-refractivity contribution is 8.26. The Morgan fingerprint density at radius 1 is 1.05 bits per heavy atom. The monoisotopic (exact) mass is 622 g/mol. The minimum Gasteiger partial charge on any atom is -0.474 e. The van der Waals surface area contributed by atoms with Gasteiger partial charge in [-0.15, -0.1) is 11.3 Å². The number of hydrogen-bond acceptors (Lipinski definition) is 9. The average Bonchev–Trinajstić information content (AvgIpc) is 3.57. The van der Waals surface area contributed by atoms with Crippen LogP contribution in [0.15, 0.2) is 39.0 Å². The largest absolute Gasteiger partial charge is 0.474 e. The number of rotatable bonds is 7. The van der Waals surface area contributed by atoms with Crippen LogP contribution in [-0.4, -0.2) is 48.9 Å². The van der Waals surface area contributed by atoms with Crippen molar-refractivity contribution in [2.75, 3.05) is 11.9 Å². The first-order valence-corrected chi connectivity index (χ1v) is 12.7. The Morgan fingerprint density at radius 3 is 2.27 bits per heavy atom. The van der Waals surface area contributed by atoms with E-state index in [9.17, 15) is 40.7 Å². The summed E-state index contributed by atoms with van der Waals surface area (Å²) >= 11 is 7.07. The van der Waals surface area contributed by atoms with Crippen LogP contribution in [-0.2, 0) is 21.9 Å². The third-order valence-corrected chi connectivity index (χ3v) is 7.36. The van der Waals surface area contributed by atoms with Crippen LogP contribution in [0.2, 0.25) is 0 Å². The normalized spacial score (nSPS) is 15.2. The summed E-state index contributed by atoms with van der Waals surface area (Å²) in [6, 6.07) is 2.16. The lowest BCUT2D eigenvalue weighted by molar-refractivity contribution is -0.143. The van der Waals surface area contributed by atoms with E-state index >= 15 is 0 Å². The summed E-state index contributed by atoms with van der Waals surface area (Å²) in [5.74, 6) is -3.47. The molecule has 0 aliphatic carbocycles. The highest BCUT2D eigenvalue weighted by Crippen LogP contribution is 2.40. The first-order valence-electron chi connectivity index (χ1n) is 10.6. The van der Waals surface area contributed by atoms with Gasteiger partial charge in [0.25, 0.3) is 5.91 Å². The SMILES string of the molecule is O=C(CCN1C(=O)C(=Cc2cc(-c3cc(C(F)(F)F)cc(C(F)(F)F)c3)cs2)SC1=S)Nc1nnc(C(=O)O)o1. The van der Waals surface area contributed by atoms with Gasteiger partial charge >= 0.3 is 30.2 Å². The maximum Gasteiger partial charge on any atom is 0.416 e. The van der Waals surface area contributed by atoms with E-state index in [1.807, 2.05) is 0 Å². The highest BCUT2D eigenvalue weighted by atomic mass is 32.2. The summed E-state index contributed by atoms with van der Waals surface area (Å²) < 4.78 is 84.1. The van der Waals surface area contributed by atoms with Crippen LogP contribution < -0.4 is 5.32 Å². The quantitative estimate of drug-likeness (QED) is 0.192. The Balaban J connectivity index is 1.46. The molecule has 210 valence electrons. The molecule has 2 aromatic heterocycles. The van der Waals surface area contributed by atoms with Gasteiger partial charge in [-0.3, -0.25) is 19.8 Å². The van der Waals surface area contributed by atoms with Crippen molar-refractivity contribution >= 4 is 69.5 Å². The van der Waals surface area contributed by atoms with Gasteiger partial charge in [0.1, 0.15) is 4.32 Å². The maximum atomic E-state index is 13.2. The third kappa shape index (κ3) is 6.68. The van der Waals surface area contributed by atoms with E-state index in [0.29, 0.717) is 17.0 Å². The lowest BCUT2D eigenvalue weighted by Crippen LogP contribution is -2.31. The van der Waals surface area contributed by atoms with Crippen molar-refractivity contribution in [2.24, 2.45) is 0 Å². The second-order valence-corrected chi connectivity index (χ2v) is 10.5. The summed E-state index contributed by atoms with van der Waals surface area (Å²) in [6.45, 7) is -0.159. The van der Waals surface area contributed by atoms with Gasteiger partial charge in [0.2, 0.25) is 5.91 Å². The Bertz CT molecular complexity index is 1510. The molecule has 1 aliphatic heterocycles. The van der Waals surface area contributed by atoms with Crippen LogP contribution in [0.1, 0.15) is 33.1 Å². The number of alkyl halides is 6. The van der Waals surface area contributed by atoms with Crippen molar-refractivity contribution in [3.63, 3.8) is 0 Å². The lowest BCUT2D eigenvalue weighted by Gasteiger charge is -2.13. The molecule has 0 saturated carbocycles. The van der Waals surface area contributed by atoms with E-state index in [4.69, 9.17) is 21.7 Å². The van der Waals surface area contributed by atoms with Gasteiger partial charge in [-0.1, -0.05) is 34.2 Å². The number of benzene rings is 1. The lowest BCUT2D eigenvalue weighted by atomic mass is 10.0. The number of carbonyl (C=O) groups is 3. The number of thioether (sulfide) groups is 1. The number of nitrogens with zero attached hydrogens (tertiary/aromatic N) is 3. The number of carboxylic acid groups (broad SMARTS) is 1. The van der Waals surface area contributed by atoms with E-state index in [1.54, 1.807) is 0 Å². The summed E-state index contributed by atoms with van der Waals surface area (Å²) in [5, 5.41) is 18.8. The molecule has 0 spiro atoms. The molecule has 0 radical (unpaired) electrons. The molecule has 1 aromatic carbocycles. The zero-order valence-electron chi connectivity index (χ0n) is 19.3. The predicted octanol–water partition coefficient (Wildman–Crippen LogP) is 5.76. The molecular weight excluding hydrogens is 610 g/mol. The number of aromatic nitrogens is 2. The number of hydrogen-bond donors (Lipinski definition) is 2. The number of halogens is 6. The van der Waals surface area contributed by atoms with Crippen LogP contribution in [0.25, 0.3) is 17.2 Å². The third-order valence-electron chi connectivity index (χ3n) is 5.10. The van der Waals surface area contributed by atoms with Crippen molar-refractivity contribution in [3.05, 3.63) is 56.4 Å². The standard InChI is InChI=1S/C22H12F6N4O5S3/c23-21(24,25)11-3-9(4-12(6-11)22(26,27)28)10-5-13(39-8-10)7-14-17(34)32(20(38)40-14)2-1-15(33)29-19-31-30-16(37-19)18(35)36/h3-8H,1-2H2,(H,35,36)(H,29,31,33). The Hall–Kier alpha value is -3.77. The molecule has 4 rings (SSSR count). The molecule has 2 N–H and O–H groups in total. The Kier molecular flexibility index (Phi) is 8.04. The molecule has 0 bridgehead atoms. The smallest absolute Gasteiger partial charge is 0.416 e. The predicted molar refractivity (Wildman–Crippen MR) is 134 cm³/mol. The molecule has 18 heteroatoms. The Labute approximate surface area is 232 Å². The number of amides is 2. The van der Waals surface area contributed by atoms with Crippen molar-refractivity contribution in [3.8, 4) is 11.1 Å². The van der Waals surface area contributed by atoms with Crippen LogP contribution >= 0.6 is 35.3 Å². The number of thiocarbonyl (C=S) groups is 1. The molecule has 1 aliphatic rings. The van der Waals surface area contributed by atoms with E-state index in [-0.39, 0.29) is 39.4 Å². The number of carbonyl (C=O) groups excluding carboxylic acids is 2. The zero-order valence-corrected chi connectivity index (χ0v) is 21.7. The molecule has 2 amide bonds. The second-order valence-electron chi connectivity index (χ2n) is 7.88. The van der Waals surface area contributed by atoms with Crippen LogP contribution in [0.4, 0.5) is 32.4 Å². The number of thiophene rings is 1. The molecule has 9 nitrogen and oxygen atoms in total. The summed E-state index contributed by atoms with van der Waals surface area (Å²) in [7, 11) is 0. The first-order chi connectivity index (χ1) is 18.6. The van der Waals surface area contributed by atoms with E-state index < -0.39 is 53.2 Å². The molecule has 0 unspecified atom stereocenters. The van der Waals surface area contributed by atoms with E-state index in [0.717, 1.165) is 28.0 Å². The summed E-state index contributed by atoms with van der Waals surface area (Å²) in [4.78, 5) is 37.3. The number of carboxylic acids is 1. The number of anilines is 1. The van der Waals surface area contributed by atoms with Crippen molar-refractivity contribution < 1.29 is 50.2 Å². The fourth-order valence-corrected chi connectivity index (χ4v) is 5.50. The summed E-state index contributed by atoms with van der Waals surface area (Å²) in [6.07, 6.45) is -8.87. The van der Waals surface area contributed by atoms with Crippen LogP contribution in [0.3, 0.4) is 0 Å². The second kappa shape index (κ2) is 11.0. The first kappa shape index (κ1) is 29.2. The highest BCUT2D eigenvalue weighted by Gasteiger charge is 2.37. The van der Waals surface area contributed by atoms with Crippen molar-refractivity contribution in [2.45, 2.75) is 18.8 Å². The molecule has 1 saturated heterocycles. The van der Waals surface area contributed by atoms with Gasteiger partial charge in [-0.25, -0.2) is 4.79 Å². The van der Waals surface area contributed by atoms with Gasteiger partial charge in [-0.05, 0) is 46.8 Å². The Morgan fingerprint density at radius 2 is 1.70 bits per heavy atom. The van der Waals surface area contributed by atoms with Crippen LogP contribution in [0, 0.1) is 0 Å². The molecule has 3 aromatic rings. The average molecular weight is 623 g/mol. The number of aromatic carboxylic acids is 1. The van der Waals surface area contributed by atoms with E-state index in [2.05, 4.69) is 15.5 Å². The molecule has 1 fully saturated rings. The fourth-order valence-electron chi connectivity index (χ4n) is 3.28. The molecule has 0 atom stereocenters. The summed E-state index contributed by atoms with van der Waals surface area (Å²) in [5.41, 5.74) is -3.10. The van der Waals surface area contributed by atoms with Gasteiger partial charge < -0.3 is 9.52 Å². The van der Waals surface area contributed by atoms with Gasteiger partial charge in [0.05, 0.1) is 16.0 Å². The number of nitrogens with one attached hydrogen (secondary N) is 1. The van der Waals surface area contributed by atoms with Crippen molar-refractivity contribution in [1.82, 2.24) is 15.1 Å². The van der Waals surface area contributed by atoms with Crippen molar-refractivity contribution in [1.29, 1.82) is 0 Å². The molecular formula is C22H12F6N4O5S3. The molecule has 40 heavy (non-hydrogen) atoms. The van der Waals surface area contributed by atoms with Gasteiger partial charge in [0.15, 0.2) is 0 Å². The van der Waals surface area contributed by atoms with E-state index in [1.165, 1.54) is 17.5 Å². The van der Waals surface area contributed by atoms with Gasteiger partial charge in [-0.2, -0.15) is 26.3 Å². The maximum absolute atomic E-state index is 13.2.